The summed E-state index contributed by atoms with van der Waals surface area (Å²) in [6.07, 6.45) is 2.07. The summed E-state index contributed by atoms with van der Waals surface area (Å²) in [7, 11) is 1.82. The van der Waals surface area contributed by atoms with Crippen LogP contribution >= 0.6 is 0 Å². The highest BCUT2D eigenvalue weighted by atomic mass is 16.1. The molecular weight excluding hydrogens is 290 g/mol. The van der Waals surface area contributed by atoms with E-state index in [1.54, 1.807) is 4.68 Å². The molecule has 2 heterocycles. The number of carbonyl (C=O) groups is 1. The summed E-state index contributed by atoms with van der Waals surface area (Å²) in [6, 6.07) is 5.86. The van der Waals surface area contributed by atoms with E-state index in [2.05, 4.69) is 20.7 Å². The first-order valence-corrected chi connectivity index (χ1v) is 8.05. The number of aromatic nitrogens is 3. The van der Waals surface area contributed by atoms with Gasteiger partial charge in [-0.05, 0) is 51.4 Å². The van der Waals surface area contributed by atoms with E-state index < -0.39 is 0 Å². The number of amides is 1. The van der Waals surface area contributed by atoms with Crippen molar-refractivity contribution in [3.8, 4) is 0 Å². The van der Waals surface area contributed by atoms with Gasteiger partial charge in [0.15, 0.2) is 5.82 Å². The van der Waals surface area contributed by atoms with Crippen molar-refractivity contribution in [1.82, 2.24) is 20.1 Å². The first-order valence-electron chi connectivity index (χ1n) is 8.05. The lowest BCUT2D eigenvalue weighted by atomic mass is 9.98. The van der Waals surface area contributed by atoms with Crippen molar-refractivity contribution in [2.75, 3.05) is 18.4 Å². The Morgan fingerprint density at radius 3 is 2.78 bits per heavy atom. The number of anilines is 1. The van der Waals surface area contributed by atoms with Crippen LogP contribution in [0.15, 0.2) is 18.2 Å². The maximum absolute atomic E-state index is 12.5. The molecule has 0 unspecified atom stereocenters. The minimum Gasteiger partial charge on any atom is -0.317 e. The van der Waals surface area contributed by atoms with E-state index in [-0.39, 0.29) is 5.91 Å². The van der Waals surface area contributed by atoms with Crippen LogP contribution in [0.3, 0.4) is 0 Å². The summed E-state index contributed by atoms with van der Waals surface area (Å²) in [4.78, 5) is 17.1. The Balaban J connectivity index is 1.78. The molecule has 23 heavy (non-hydrogen) atoms. The molecule has 0 aliphatic carbocycles. The maximum atomic E-state index is 12.5. The lowest BCUT2D eigenvalue weighted by Crippen LogP contribution is -2.27. The maximum Gasteiger partial charge on any atom is 0.258 e. The predicted octanol–water partition coefficient (Wildman–Crippen LogP) is 2.15. The van der Waals surface area contributed by atoms with E-state index in [9.17, 15) is 4.79 Å². The van der Waals surface area contributed by atoms with Gasteiger partial charge in [-0.1, -0.05) is 17.7 Å². The van der Waals surface area contributed by atoms with Gasteiger partial charge in [-0.15, -0.1) is 0 Å². The van der Waals surface area contributed by atoms with Gasteiger partial charge in [-0.2, -0.15) is 10.1 Å². The molecule has 1 fully saturated rings. The van der Waals surface area contributed by atoms with Gasteiger partial charge in [0.25, 0.3) is 5.91 Å². The van der Waals surface area contributed by atoms with Crippen molar-refractivity contribution in [2.45, 2.75) is 32.6 Å². The Hall–Kier alpha value is -2.21. The fraction of sp³-hybridized carbons (Fsp3) is 0.471. The van der Waals surface area contributed by atoms with Crippen molar-refractivity contribution >= 4 is 11.9 Å². The zero-order valence-electron chi connectivity index (χ0n) is 13.9. The molecule has 2 N–H and O–H groups in total. The van der Waals surface area contributed by atoms with Gasteiger partial charge in [0.05, 0.1) is 0 Å². The zero-order valence-corrected chi connectivity index (χ0v) is 13.9. The second kappa shape index (κ2) is 6.50. The monoisotopic (exact) mass is 313 g/mol. The van der Waals surface area contributed by atoms with Crippen LogP contribution in [0.1, 0.15) is 46.1 Å². The van der Waals surface area contributed by atoms with E-state index in [0.29, 0.717) is 17.4 Å². The molecule has 1 aromatic carbocycles. The van der Waals surface area contributed by atoms with Crippen molar-refractivity contribution in [3.63, 3.8) is 0 Å². The third kappa shape index (κ3) is 3.42. The highest BCUT2D eigenvalue weighted by molar-refractivity contribution is 6.04. The Morgan fingerprint density at radius 2 is 2.04 bits per heavy atom. The lowest BCUT2D eigenvalue weighted by molar-refractivity contribution is 0.102. The van der Waals surface area contributed by atoms with Gasteiger partial charge in [-0.25, -0.2) is 4.68 Å². The number of carbonyl (C=O) groups excluding carboxylic acids is 1. The Kier molecular flexibility index (Phi) is 4.43. The first kappa shape index (κ1) is 15.7. The van der Waals surface area contributed by atoms with E-state index in [1.165, 1.54) is 0 Å². The molecular formula is C17H23N5O. The van der Waals surface area contributed by atoms with E-state index in [1.807, 2.05) is 39.1 Å². The van der Waals surface area contributed by atoms with Crippen LogP contribution in [0.2, 0.25) is 0 Å². The molecule has 3 rings (SSSR count). The number of hydrogen-bond donors (Lipinski definition) is 2. The molecule has 1 aliphatic rings. The molecule has 0 atom stereocenters. The van der Waals surface area contributed by atoms with Crippen LogP contribution < -0.4 is 10.6 Å². The van der Waals surface area contributed by atoms with Crippen LogP contribution in [-0.2, 0) is 7.05 Å². The average Bonchev–Trinajstić information content (AvgIpc) is 2.91. The number of nitrogens with zero attached hydrogens (tertiary/aromatic N) is 3. The molecule has 0 saturated carbocycles. The first-order chi connectivity index (χ1) is 11.0. The second-order valence-corrected chi connectivity index (χ2v) is 6.21. The fourth-order valence-corrected chi connectivity index (χ4v) is 2.92. The van der Waals surface area contributed by atoms with Crippen molar-refractivity contribution < 1.29 is 4.79 Å². The average molecular weight is 313 g/mol. The molecule has 0 radical (unpaired) electrons. The minimum atomic E-state index is -0.140. The third-order valence-electron chi connectivity index (χ3n) is 4.35. The van der Waals surface area contributed by atoms with Gasteiger partial charge < -0.3 is 5.32 Å². The largest absolute Gasteiger partial charge is 0.317 e. The van der Waals surface area contributed by atoms with Crippen LogP contribution in [-0.4, -0.2) is 33.8 Å². The number of nitrogens with one attached hydrogen (secondary N) is 2. The van der Waals surface area contributed by atoms with Gasteiger partial charge in [0.2, 0.25) is 5.95 Å². The number of piperidine rings is 1. The Bertz CT molecular complexity index is 716. The SMILES string of the molecule is Cc1ccc(C)c(C(=O)Nc2nc(C3CCNCC3)nn2C)c1. The smallest absolute Gasteiger partial charge is 0.258 e. The van der Waals surface area contributed by atoms with Crippen LogP contribution in [0.4, 0.5) is 5.95 Å². The summed E-state index contributed by atoms with van der Waals surface area (Å²) >= 11 is 0. The number of aryl methyl sites for hydroxylation is 3. The summed E-state index contributed by atoms with van der Waals surface area (Å²) in [5, 5.41) is 10.7. The summed E-state index contributed by atoms with van der Waals surface area (Å²) < 4.78 is 1.65. The van der Waals surface area contributed by atoms with Crippen molar-refractivity contribution in [2.24, 2.45) is 7.05 Å². The Morgan fingerprint density at radius 1 is 1.30 bits per heavy atom. The highest BCUT2D eigenvalue weighted by Gasteiger charge is 2.21. The number of benzene rings is 1. The lowest BCUT2D eigenvalue weighted by Gasteiger charge is -2.19. The predicted molar refractivity (Wildman–Crippen MR) is 89.7 cm³/mol. The number of rotatable bonds is 3. The van der Waals surface area contributed by atoms with E-state index in [0.717, 1.165) is 42.9 Å². The highest BCUT2D eigenvalue weighted by Crippen LogP contribution is 2.23. The summed E-state index contributed by atoms with van der Waals surface area (Å²) in [6.45, 7) is 5.90. The van der Waals surface area contributed by atoms with Crippen LogP contribution in [0.5, 0.6) is 0 Å². The molecule has 122 valence electrons. The number of hydrogen-bond acceptors (Lipinski definition) is 4. The molecule has 1 aromatic heterocycles. The van der Waals surface area contributed by atoms with Crippen molar-refractivity contribution in [3.05, 3.63) is 40.7 Å². The molecule has 0 spiro atoms. The standard InChI is InChI=1S/C17H23N5O/c1-11-4-5-12(2)14(10-11)16(23)20-17-19-15(21-22(17)3)13-6-8-18-9-7-13/h4-5,10,13,18H,6-9H2,1-3H3,(H,19,20,21,23). The van der Waals surface area contributed by atoms with E-state index >= 15 is 0 Å². The summed E-state index contributed by atoms with van der Waals surface area (Å²) in [5.41, 5.74) is 2.69. The molecule has 6 nitrogen and oxygen atoms in total. The zero-order chi connectivity index (χ0) is 16.4. The van der Waals surface area contributed by atoms with Crippen LogP contribution in [0, 0.1) is 13.8 Å². The van der Waals surface area contributed by atoms with Gasteiger partial charge in [0, 0.05) is 18.5 Å². The van der Waals surface area contributed by atoms with Gasteiger partial charge in [0.1, 0.15) is 0 Å². The second-order valence-electron chi connectivity index (χ2n) is 6.21. The molecule has 1 aliphatic heterocycles. The minimum absolute atomic E-state index is 0.140. The van der Waals surface area contributed by atoms with Crippen molar-refractivity contribution in [1.29, 1.82) is 0 Å². The molecule has 2 aromatic rings. The molecule has 1 amide bonds. The third-order valence-corrected chi connectivity index (χ3v) is 4.35. The Labute approximate surface area is 136 Å². The fourth-order valence-electron chi connectivity index (χ4n) is 2.92. The summed E-state index contributed by atoms with van der Waals surface area (Å²) in [5.74, 6) is 1.56. The van der Waals surface area contributed by atoms with Crippen LogP contribution in [0.25, 0.3) is 0 Å². The topological polar surface area (TPSA) is 71.8 Å². The van der Waals surface area contributed by atoms with Gasteiger partial charge in [-0.3, -0.25) is 10.1 Å². The molecule has 0 bridgehead atoms. The molecule has 1 saturated heterocycles. The molecule has 6 heteroatoms. The quantitative estimate of drug-likeness (QED) is 0.911. The van der Waals surface area contributed by atoms with E-state index in [4.69, 9.17) is 0 Å². The normalized spacial score (nSPS) is 15.6. The van der Waals surface area contributed by atoms with Gasteiger partial charge >= 0.3 is 0 Å².